The van der Waals surface area contributed by atoms with Gasteiger partial charge in [0, 0.05) is 5.56 Å². The number of aromatic nitrogens is 2. The highest BCUT2D eigenvalue weighted by Crippen LogP contribution is 2.32. The molecule has 0 saturated carbocycles. The second kappa shape index (κ2) is 7.36. The van der Waals surface area contributed by atoms with Crippen molar-refractivity contribution in [2.75, 3.05) is 11.9 Å². The van der Waals surface area contributed by atoms with E-state index in [9.17, 15) is 4.79 Å². The summed E-state index contributed by atoms with van der Waals surface area (Å²) in [5.41, 5.74) is 2.25. The van der Waals surface area contributed by atoms with E-state index >= 15 is 0 Å². The van der Waals surface area contributed by atoms with Crippen LogP contribution in [0.5, 0.6) is 11.5 Å². The lowest BCUT2D eigenvalue weighted by Gasteiger charge is -2.25. The van der Waals surface area contributed by atoms with E-state index in [1.807, 2.05) is 30.3 Å². The molecule has 1 N–H and O–H groups in total. The first-order chi connectivity index (χ1) is 13.1. The van der Waals surface area contributed by atoms with Gasteiger partial charge in [0.25, 0.3) is 5.91 Å². The number of carbonyl (C=O) groups is 1. The van der Waals surface area contributed by atoms with E-state index in [2.05, 4.69) is 41.5 Å². The highest BCUT2D eigenvalue weighted by Gasteiger charge is 2.28. The van der Waals surface area contributed by atoms with Crippen LogP contribution >= 0.6 is 11.3 Å². The summed E-state index contributed by atoms with van der Waals surface area (Å²) in [5.74, 6) is 1.38. The molecule has 1 aromatic heterocycles. The van der Waals surface area contributed by atoms with Crippen molar-refractivity contribution in [3.63, 3.8) is 0 Å². The molecule has 1 atom stereocenters. The number of nitrogens with one attached hydrogen (secondary N) is 1. The Morgan fingerprint density at radius 2 is 1.85 bits per heavy atom. The Labute approximate surface area is 161 Å². The maximum Gasteiger partial charge on any atom is 0.270 e. The number of hydrogen-bond acceptors (Lipinski definition) is 6. The Bertz CT molecular complexity index is 953. The molecular formula is C20H19N3O3S. The van der Waals surface area contributed by atoms with Gasteiger partial charge in [-0.05, 0) is 23.6 Å². The number of benzene rings is 2. The Hall–Kier alpha value is -2.93. The van der Waals surface area contributed by atoms with Gasteiger partial charge < -0.3 is 9.47 Å². The predicted molar refractivity (Wildman–Crippen MR) is 104 cm³/mol. The number of amides is 1. The van der Waals surface area contributed by atoms with E-state index in [0.29, 0.717) is 22.5 Å². The molecule has 0 saturated heterocycles. The molecule has 0 radical (unpaired) electrons. The fraction of sp³-hybridized carbons (Fsp3) is 0.250. The molecule has 0 aliphatic carbocycles. The Balaban J connectivity index is 1.43. The lowest BCUT2D eigenvalue weighted by Crippen LogP contribution is -2.40. The topological polar surface area (TPSA) is 73.3 Å². The van der Waals surface area contributed by atoms with E-state index in [1.165, 1.54) is 16.9 Å². The SMILES string of the molecule is CC(C)c1ccc(-c2nnc(NC(=O)C3COc4ccccc4O3)s2)cc1. The summed E-state index contributed by atoms with van der Waals surface area (Å²) in [6.07, 6.45) is -0.724. The van der Waals surface area contributed by atoms with Gasteiger partial charge in [-0.3, -0.25) is 10.1 Å². The van der Waals surface area contributed by atoms with Crippen LogP contribution in [0.25, 0.3) is 10.6 Å². The van der Waals surface area contributed by atoms with Crippen molar-refractivity contribution in [3.05, 3.63) is 54.1 Å². The number of para-hydroxylation sites is 2. The second-order valence-electron chi connectivity index (χ2n) is 6.54. The van der Waals surface area contributed by atoms with Gasteiger partial charge in [-0.15, -0.1) is 10.2 Å². The van der Waals surface area contributed by atoms with Gasteiger partial charge >= 0.3 is 0 Å². The molecule has 2 heterocycles. The number of anilines is 1. The lowest BCUT2D eigenvalue weighted by atomic mass is 10.0. The van der Waals surface area contributed by atoms with Crippen molar-refractivity contribution in [2.45, 2.75) is 25.9 Å². The Morgan fingerprint density at radius 1 is 1.11 bits per heavy atom. The minimum absolute atomic E-state index is 0.158. The first kappa shape index (κ1) is 17.5. The molecule has 1 unspecified atom stereocenters. The minimum atomic E-state index is -0.724. The maximum atomic E-state index is 12.5. The zero-order valence-corrected chi connectivity index (χ0v) is 15.8. The van der Waals surface area contributed by atoms with Crippen molar-refractivity contribution in [1.29, 1.82) is 0 Å². The molecule has 7 heteroatoms. The molecule has 27 heavy (non-hydrogen) atoms. The number of fused-ring (bicyclic) bond motifs is 1. The summed E-state index contributed by atoms with van der Waals surface area (Å²) in [5, 5.41) is 12.2. The van der Waals surface area contributed by atoms with Gasteiger partial charge in [-0.1, -0.05) is 61.6 Å². The van der Waals surface area contributed by atoms with Crippen LogP contribution in [0.4, 0.5) is 5.13 Å². The average molecular weight is 381 g/mol. The van der Waals surface area contributed by atoms with Crippen molar-refractivity contribution in [2.24, 2.45) is 0 Å². The van der Waals surface area contributed by atoms with Crippen LogP contribution in [-0.2, 0) is 4.79 Å². The summed E-state index contributed by atoms with van der Waals surface area (Å²) in [6, 6.07) is 15.5. The molecule has 0 fully saturated rings. The third kappa shape index (κ3) is 3.78. The molecule has 2 aromatic carbocycles. The van der Waals surface area contributed by atoms with E-state index in [1.54, 1.807) is 6.07 Å². The van der Waals surface area contributed by atoms with Gasteiger partial charge in [0.05, 0.1) is 0 Å². The zero-order valence-electron chi connectivity index (χ0n) is 15.0. The number of carbonyl (C=O) groups excluding carboxylic acids is 1. The summed E-state index contributed by atoms with van der Waals surface area (Å²) in [7, 11) is 0. The molecule has 0 bridgehead atoms. The predicted octanol–water partition coefficient (Wildman–Crippen LogP) is 4.11. The van der Waals surface area contributed by atoms with Gasteiger partial charge in [-0.2, -0.15) is 0 Å². The van der Waals surface area contributed by atoms with Crippen LogP contribution in [0.1, 0.15) is 25.3 Å². The second-order valence-corrected chi connectivity index (χ2v) is 7.52. The molecule has 1 amide bonds. The fourth-order valence-corrected chi connectivity index (χ4v) is 3.49. The van der Waals surface area contributed by atoms with Crippen molar-refractivity contribution in [1.82, 2.24) is 10.2 Å². The number of hydrogen-bond donors (Lipinski definition) is 1. The molecule has 6 nitrogen and oxygen atoms in total. The molecule has 3 aromatic rings. The third-order valence-corrected chi connectivity index (χ3v) is 5.17. The molecule has 1 aliphatic heterocycles. The van der Waals surface area contributed by atoms with E-state index < -0.39 is 6.10 Å². The quantitative estimate of drug-likeness (QED) is 0.736. The van der Waals surface area contributed by atoms with Crippen molar-refractivity contribution in [3.8, 4) is 22.1 Å². The van der Waals surface area contributed by atoms with Crippen LogP contribution < -0.4 is 14.8 Å². The van der Waals surface area contributed by atoms with Crippen molar-refractivity contribution >= 4 is 22.4 Å². The van der Waals surface area contributed by atoms with Crippen LogP contribution in [0.15, 0.2) is 48.5 Å². The standard InChI is InChI=1S/C20H19N3O3S/c1-12(2)13-7-9-14(10-8-13)19-22-23-20(27-19)21-18(24)17-11-25-15-5-3-4-6-16(15)26-17/h3-10,12,17H,11H2,1-2H3,(H,21,23,24). The highest BCUT2D eigenvalue weighted by atomic mass is 32.1. The van der Waals surface area contributed by atoms with Crippen LogP contribution in [0, 0.1) is 0 Å². The largest absolute Gasteiger partial charge is 0.485 e. The molecule has 1 aliphatic rings. The van der Waals surface area contributed by atoms with Gasteiger partial charge in [-0.25, -0.2) is 0 Å². The van der Waals surface area contributed by atoms with Gasteiger partial charge in [0.2, 0.25) is 11.2 Å². The van der Waals surface area contributed by atoms with E-state index in [-0.39, 0.29) is 12.5 Å². The Kier molecular flexibility index (Phi) is 4.77. The molecule has 138 valence electrons. The summed E-state index contributed by atoms with van der Waals surface area (Å²) < 4.78 is 11.3. The number of ether oxygens (including phenoxy) is 2. The van der Waals surface area contributed by atoms with E-state index in [4.69, 9.17) is 9.47 Å². The normalized spacial score (nSPS) is 15.6. The number of nitrogens with zero attached hydrogens (tertiary/aromatic N) is 2. The molecular weight excluding hydrogens is 362 g/mol. The first-order valence-corrected chi connectivity index (χ1v) is 9.55. The zero-order chi connectivity index (χ0) is 18.8. The van der Waals surface area contributed by atoms with Crippen LogP contribution in [0.2, 0.25) is 0 Å². The first-order valence-electron chi connectivity index (χ1n) is 8.73. The van der Waals surface area contributed by atoms with Crippen molar-refractivity contribution < 1.29 is 14.3 Å². The lowest BCUT2D eigenvalue weighted by molar-refractivity contribution is -0.125. The van der Waals surface area contributed by atoms with Gasteiger partial charge in [0.1, 0.15) is 11.6 Å². The number of rotatable bonds is 4. The molecule has 4 rings (SSSR count). The highest BCUT2D eigenvalue weighted by molar-refractivity contribution is 7.18. The summed E-state index contributed by atoms with van der Waals surface area (Å²) in [4.78, 5) is 12.5. The fourth-order valence-electron chi connectivity index (χ4n) is 2.74. The smallest absolute Gasteiger partial charge is 0.270 e. The Morgan fingerprint density at radius 3 is 2.59 bits per heavy atom. The van der Waals surface area contributed by atoms with E-state index in [0.717, 1.165) is 10.6 Å². The monoisotopic (exact) mass is 381 g/mol. The summed E-state index contributed by atoms with van der Waals surface area (Å²) in [6.45, 7) is 4.47. The summed E-state index contributed by atoms with van der Waals surface area (Å²) >= 11 is 1.33. The minimum Gasteiger partial charge on any atom is -0.485 e. The third-order valence-electron chi connectivity index (χ3n) is 4.28. The average Bonchev–Trinajstić information content (AvgIpc) is 3.16. The van der Waals surface area contributed by atoms with Crippen LogP contribution in [-0.4, -0.2) is 28.8 Å². The van der Waals surface area contributed by atoms with Gasteiger partial charge in [0.15, 0.2) is 11.5 Å². The van der Waals surface area contributed by atoms with Crippen LogP contribution in [0.3, 0.4) is 0 Å². The molecule has 0 spiro atoms. The maximum absolute atomic E-state index is 12.5.